The number of rotatable bonds is 5. The van der Waals surface area contributed by atoms with Crippen LogP contribution in [0.15, 0.2) is 91.0 Å². The molecule has 2 atom stereocenters. The van der Waals surface area contributed by atoms with Gasteiger partial charge < -0.3 is 20.4 Å². The molecule has 4 N–H and O–H groups in total. The second-order valence-electron chi connectivity index (χ2n) is 6.76. The van der Waals surface area contributed by atoms with Crippen molar-refractivity contribution in [3.63, 3.8) is 0 Å². The third-order valence-corrected chi connectivity index (χ3v) is 4.27. The first-order valence-corrected chi connectivity index (χ1v) is 9.71. The Morgan fingerprint density at radius 2 is 0.871 bits per heavy atom. The van der Waals surface area contributed by atoms with Crippen molar-refractivity contribution in [2.24, 2.45) is 0 Å². The van der Waals surface area contributed by atoms with E-state index in [1.54, 1.807) is 74.5 Å². The van der Waals surface area contributed by atoms with Gasteiger partial charge in [0.25, 0.3) is 0 Å². The van der Waals surface area contributed by atoms with Crippen LogP contribution >= 0.6 is 0 Å². The number of aliphatic hydroxyl groups is 2. The van der Waals surface area contributed by atoms with Gasteiger partial charge in [-0.05, 0) is 43.7 Å². The molecule has 0 spiro atoms. The topological polar surface area (TPSA) is 115 Å². The molecule has 0 aliphatic heterocycles. The van der Waals surface area contributed by atoms with Crippen LogP contribution in [-0.4, -0.2) is 44.6 Å². The van der Waals surface area contributed by atoms with Gasteiger partial charge in [-0.1, -0.05) is 66.7 Å². The van der Waals surface area contributed by atoms with Crippen molar-refractivity contribution in [2.75, 3.05) is 0 Å². The Hall–Kier alpha value is -3.48. The molecule has 3 aromatic carbocycles. The predicted molar refractivity (Wildman–Crippen MR) is 119 cm³/mol. The molecule has 0 saturated heterocycles. The fraction of sp³-hybridized carbons (Fsp3) is 0.200. The average Bonchev–Trinajstić information content (AvgIpc) is 2.76. The third kappa shape index (κ3) is 9.71. The van der Waals surface area contributed by atoms with Crippen LogP contribution in [0.3, 0.4) is 0 Å². The molecular formula is C25H28O6. The largest absolute Gasteiger partial charge is 0.478 e. The summed E-state index contributed by atoms with van der Waals surface area (Å²) in [6.07, 6.45) is -1.05. The first-order chi connectivity index (χ1) is 14.7. The molecule has 6 heteroatoms. The number of benzene rings is 3. The summed E-state index contributed by atoms with van der Waals surface area (Å²) < 4.78 is 0. The number of hydrogen-bond donors (Lipinski definition) is 4. The maximum Gasteiger partial charge on any atom is 0.335 e. The van der Waals surface area contributed by atoms with Crippen LogP contribution in [0, 0.1) is 0 Å². The lowest BCUT2D eigenvalue weighted by molar-refractivity contribution is 0.0686. The number of carboxylic acid groups (broad SMARTS) is 2. The average molecular weight is 424 g/mol. The van der Waals surface area contributed by atoms with E-state index in [2.05, 4.69) is 0 Å². The van der Waals surface area contributed by atoms with E-state index in [0.717, 1.165) is 5.56 Å². The normalized spacial score (nSPS) is 12.6. The van der Waals surface area contributed by atoms with Gasteiger partial charge in [0, 0.05) is 5.92 Å². The first kappa shape index (κ1) is 25.6. The summed E-state index contributed by atoms with van der Waals surface area (Å²) in [6.45, 7) is 3.40. The van der Waals surface area contributed by atoms with Gasteiger partial charge in [-0.25, -0.2) is 9.59 Å². The van der Waals surface area contributed by atoms with Gasteiger partial charge in [0.1, 0.15) is 0 Å². The fourth-order valence-electron chi connectivity index (χ4n) is 2.80. The van der Waals surface area contributed by atoms with Crippen molar-refractivity contribution in [1.82, 2.24) is 0 Å². The van der Waals surface area contributed by atoms with E-state index in [1.807, 2.05) is 30.3 Å². The van der Waals surface area contributed by atoms with Crippen molar-refractivity contribution >= 4 is 11.9 Å². The maximum absolute atomic E-state index is 10.2. The van der Waals surface area contributed by atoms with Gasteiger partial charge in [-0.3, -0.25) is 0 Å². The van der Waals surface area contributed by atoms with E-state index in [-0.39, 0.29) is 5.92 Å². The van der Waals surface area contributed by atoms with E-state index < -0.39 is 24.1 Å². The van der Waals surface area contributed by atoms with E-state index in [4.69, 9.17) is 10.2 Å². The highest BCUT2D eigenvalue weighted by Crippen LogP contribution is 2.23. The summed E-state index contributed by atoms with van der Waals surface area (Å²) in [7, 11) is 0. The van der Waals surface area contributed by atoms with Gasteiger partial charge in [-0.15, -0.1) is 0 Å². The Kier molecular flexibility index (Phi) is 11.3. The quantitative estimate of drug-likeness (QED) is 0.485. The Labute approximate surface area is 182 Å². The predicted octanol–water partition coefficient (Wildman–Crippen LogP) is 4.30. The van der Waals surface area contributed by atoms with Gasteiger partial charge in [-0.2, -0.15) is 0 Å². The summed E-state index contributed by atoms with van der Waals surface area (Å²) in [4.78, 5) is 20.4. The number of carbonyl (C=O) groups is 2. The highest BCUT2D eigenvalue weighted by Gasteiger charge is 2.21. The highest BCUT2D eigenvalue weighted by atomic mass is 16.4. The van der Waals surface area contributed by atoms with Crippen LogP contribution in [-0.2, 0) is 0 Å². The Morgan fingerprint density at radius 3 is 1.10 bits per heavy atom. The highest BCUT2D eigenvalue weighted by molar-refractivity contribution is 5.87. The van der Waals surface area contributed by atoms with Crippen LogP contribution in [0.4, 0.5) is 0 Å². The summed E-state index contributed by atoms with van der Waals surface area (Å²) in [5.41, 5.74) is 1.64. The van der Waals surface area contributed by atoms with Crippen LogP contribution in [0.1, 0.15) is 46.0 Å². The van der Waals surface area contributed by atoms with Gasteiger partial charge in [0.05, 0.1) is 23.3 Å². The Balaban J connectivity index is 0.000000239. The van der Waals surface area contributed by atoms with Gasteiger partial charge in [0.15, 0.2) is 0 Å². The number of aliphatic hydroxyl groups excluding tert-OH is 2. The number of hydrogen-bond acceptors (Lipinski definition) is 4. The van der Waals surface area contributed by atoms with Gasteiger partial charge >= 0.3 is 11.9 Å². The van der Waals surface area contributed by atoms with E-state index >= 15 is 0 Å². The molecule has 164 valence electrons. The summed E-state index contributed by atoms with van der Waals surface area (Å²) in [6, 6.07) is 26.2. The van der Waals surface area contributed by atoms with Crippen LogP contribution in [0.2, 0.25) is 0 Å². The zero-order valence-electron chi connectivity index (χ0n) is 17.5. The standard InChI is InChI=1S/C11H16O2.2C7H6O2/c1-8(12)11(9(2)13)10-6-4-3-5-7-10;2*8-7(9)6-4-2-1-3-5-6/h3-9,11-13H,1-2H3;2*1-5H,(H,8,9). The molecule has 2 unspecified atom stereocenters. The Bertz CT molecular complexity index is 836. The second-order valence-corrected chi connectivity index (χ2v) is 6.76. The SMILES string of the molecule is CC(O)C(c1ccccc1)C(C)O.O=C(O)c1ccccc1.O=C(O)c1ccccc1. The molecular weight excluding hydrogens is 396 g/mol. The Morgan fingerprint density at radius 1 is 0.581 bits per heavy atom. The molecule has 0 radical (unpaired) electrons. The zero-order chi connectivity index (χ0) is 23.2. The molecule has 0 amide bonds. The molecule has 3 aromatic rings. The van der Waals surface area contributed by atoms with Crippen molar-refractivity contribution in [1.29, 1.82) is 0 Å². The first-order valence-electron chi connectivity index (χ1n) is 9.71. The van der Waals surface area contributed by atoms with Crippen LogP contribution in [0.25, 0.3) is 0 Å². The number of aromatic carboxylic acids is 2. The molecule has 0 aliphatic carbocycles. The van der Waals surface area contributed by atoms with E-state index in [9.17, 15) is 19.8 Å². The summed E-state index contributed by atoms with van der Waals surface area (Å²) in [5.74, 6) is -1.95. The summed E-state index contributed by atoms with van der Waals surface area (Å²) >= 11 is 0. The van der Waals surface area contributed by atoms with E-state index in [0.29, 0.717) is 11.1 Å². The van der Waals surface area contributed by atoms with E-state index in [1.165, 1.54) is 0 Å². The number of carboxylic acids is 2. The van der Waals surface area contributed by atoms with Gasteiger partial charge in [0.2, 0.25) is 0 Å². The summed E-state index contributed by atoms with van der Waals surface area (Å²) in [5, 5.41) is 35.7. The van der Waals surface area contributed by atoms with Crippen LogP contribution in [0.5, 0.6) is 0 Å². The van der Waals surface area contributed by atoms with Crippen molar-refractivity contribution in [2.45, 2.75) is 32.0 Å². The molecule has 0 fully saturated rings. The molecule has 0 saturated carbocycles. The van der Waals surface area contributed by atoms with Crippen molar-refractivity contribution in [3.05, 3.63) is 108 Å². The minimum Gasteiger partial charge on any atom is -0.478 e. The lowest BCUT2D eigenvalue weighted by atomic mass is 9.90. The molecule has 0 bridgehead atoms. The smallest absolute Gasteiger partial charge is 0.335 e. The van der Waals surface area contributed by atoms with Crippen LogP contribution < -0.4 is 0 Å². The minimum atomic E-state index is -0.879. The molecule has 31 heavy (non-hydrogen) atoms. The zero-order valence-corrected chi connectivity index (χ0v) is 17.5. The fourth-order valence-corrected chi connectivity index (χ4v) is 2.80. The molecule has 0 aromatic heterocycles. The molecule has 0 heterocycles. The van der Waals surface area contributed by atoms with Crippen molar-refractivity contribution < 1.29 is 30.0 Å². The minimum absolute atomic E-state index is 0.193. The monoisotopic (exact) mass is 424 g/mol. The lowest BCUT2D eigenvalue weighted by Crippen LogP contribution is -2.25. The second kappa shape index (κ2) is 13.7. The maximum atomic E-state index is 10.2. The lowest BCUT2D eigenvalue weighted by Gasteiger charge is -2.22. The molecule has 6 nitrogen and oxygen atoms in total. The van der Waals surface area contributed by atoms with Crippen molar-refractivity contribution in [3.8, 4) is 0 Å². The molecule has 0 aliphatic rings. The molecule has 3 rings (SSSR count). The third-order valence-electron chi connectivity index (χ3n) is 4.27.